The van der Waals surface area contributed by atoms with E-state index in [0.717, 1.165) is 12.1 Å². The van der Waals surface area contributed by atoms with Crippen molar-refractivity contribution in [3.05, 3.63) is 16.1 Å². The second-order valence-corrected chi connectivity index (χ2v) is 3.38. The number of Topliss-reactive ketones (excluding diaryl/α,β-unsaturated/α-hetero) is 1. The van der Waals surface area contributed by atoms with Crippen molar-refractivity contribution in [2.45, 2.75) is 19.3 Å². The highest BCUT2D eigenvalue weighted by atomic mass is 32.1. The molecule has 0 aromatic carbocycles. The van der Waals surface area contributed by atoms with E-state index in [9.17, 15) is 4.79 Å². The summed E-state index contributed by atoms with van der Waals surface area (Å²) < 4.78 is 0. The molecule has 0 saturated carbocycles. The fourth-order valence-electron chi connectivity index (χ4n) is 1.17. The molecular formula is C7H7NOS. The second-order valence-electron chi connectivity index (χ2n) is 2.44. The fourth-order valence-corrected chi connectivity index (χ4v) is 2.01. The lowest BCUT2D eigenvalue weighted by atomic mass is 10.0. The molecule has 0 atom stereocenters. The topological polar surface area (TPSA) is 30.0 Å². The van der Waals surface area contributed by atoms with Gasteiger partial charge in [-0.3, -0.25) is 4.79 Å². The van der Waals surface area contributed by atoms with E-state index >= 15 is 0 Å². The number of carbonyl (C=O) groups excluding carboxylic acids is 1. The summed E-state index contributed by atoms with van der Waals surface area (Å²) in [5, 5.41) is 0. The number of rotatable bonds is 0. The zero-order valence-electron chi connectivity index (χ0n) is 5.46. The van der Waals surface area contributed by atoms with E-state index in [2.05, 4.69) is 4.98 Å². The number of aryl methyl sites for hydroxylation is 1. The third kappa shape index (κ3) is 0.865. The van der Waals surface area contributed by atoms with Crippen molar-refractivity contribution in [1.29, 1.82) is 0 Å². The van der Waals surface area contributed by atoms with Crippen LogP contribution in [0.1, 0.15) is 17.0 Å². The average molecular weight is 153 g/mol. The van der Waals surface area contributed by atoms with Crippen molar-refractivity contribution in [2.75, 3.05) is 0 Å². The van der Waals surface area contributed by atoms with Gasteiger partial charge in [-0.05, 0) is 6.42 Å². The molecule has 1 aliphatic carbocycles. The Kier molecular flexibility index (Phi) is 1.31. The second kappa shape index (κ2) is 2.16. The Morgan fingerprint density at radius 2 is 2.40 bits per heavy atom. The molecule has 0 fully saturated rings. The Hall–Kier alpha value is -0.700. The molecule has 3 heteroatoms. The third-order valence-corrected chi connectivity index (χ3v) is 2.60. The van der Waals surface area contributed by atoms with Gasteiger partial charge in [0.15, 0.2) is 0 Å². The van der Waals surface area contributed by atoms with Crippen LogP contribution in [0.4, 0.5) is 0 Å². The van der Waals surface area contributed by atoms with Gasteiger partial charge in [0.1, 0.15) is 5.78 Å². The van der Waals surface area contributed by atoms with Crippen molar-refractivity contribution in [3.8, 4) is 0 Å². The molecule has 1 heterocycles. The summed E-state index contributed by atoms with van der Waals surface area (Å²) in [7, 11) is 0. The fraction of sp³-hybridized carbons (Fsp3) is 0.429. The summed E-state index contributed by atoms with van der Waals surface area (Å²) in [5.41, 5.74) is 2.97. The van der Waals surface area contributed by atoms with E-state index in [1.165, 1.54) is 4.88 Å². The maximum absolute atomic E-state index is 10.9. The number of carbonyl (C=O) groups is 1. The SMILES string of the molecule is O=C1CCc2ncsc2C1. The van der Waals surface area contributed by atoms with Crippen LogP contribution in [0, 0.1) is 0 Å². The summed E-state index contributed by atoms with van der Waals surface area (Å²) in [6.07, 6.45) is 2.17. The maximum Gasteiger partial charge on any atom is 0.138 e. The van der Waals surface area contributed by atoms with Crippen LogP contribution in [0.15, 0.2) is 5.51 Å². The van der Waals surface area contributed by atoms with Crippen LogP contribution in [0.2, 0.25) is 0 Å². The Morgan fingerprint density at radius 1 is 1.50 bits per heavy atom. The lowest BCUT2D eigenvalue weighted by Crippen LogP contribution is -2.11. The van der Waals surface area contributed by atoms with Crippen LogP contribution < -0.4 is 0 Å². The predicted octanol–water partition coefficient (Wildman–Crippen LogP) is 1.20. The standard InChI is InChI=1S/C7H7NOS/c9-5-1-2-6-7(3-5)10-4-8-6/h4H,1-3H2. The van der Waals surface area contributed by atoms with Crippen molar-refractivity contribution in [1.82, 2.24) is 4.98 Å². The Morgan fingerprint density at radius 3 is 3.30 bits per heavy atom. The van der Waals surface area contributed by atoms with Gasteiger partial charge in [0.25, 0.3) is 0 Å². The molecule has 0 N–H and O–H groups in total. The first kappa shape index (κ1) is 6.04. The number of hydrogen-bond donors (Lipinski definition) is 0. The van der Waals surface area contributed by atoms with Gasteiger partial charge < -0.3 is 0 Å². The van der Waals surface area contributed by atoms with Crippen molar-refractivity contribution in [2.24, 2.45) is 0 Å². The van der Waals surface area contributed by atoms with Crippen LogP contribution in [0.25, 0.3) is 0 Å². The van der Waals surface area contributed by atoms with Gasteiger partial charge in [-0.25, -0.2) is 4.98 Å². The Bertz CT molecular complexity index is 266. The number of fused-ring (bicyclic) bond motifs is 1. The molecule has 0 unspecified atom stereocenters. The lowest BCUT2D eigenvalue weighted by Gasteiger charge is -2.06. The highest BCUT2D eigenvalue weighted by molar-refractivity contribution is 7.09. The molecule has 2 nitrogen and oxygen atoms in total. The van der Waals surface area contributed by atoms with Crippen LogP contribution in [-0.2, 0) is 17.6 Å². The zero-order chi connectivity index (χ0) is 6.97. The van der Waals surface area contributed by atoms with Crippen LogP contribution in [0.5, 0.6) is 0 Å². The van der Waals surface area contributed by atoms with Crippen LogP contribution >= 0.6 is 11.3 Å². The molecule has 0 amide bonds. The molecule has 10 heavy (non-hydrogen) atoms. The van der Waals surface area contributed by atoms with Gasteiger partial charge >= 0.3 is 0 Å². The van der Waals surface area contributed by atoms with Gasteiger partial charge in [0.05, 0.1) is 11.2 Å². The van der Waals surface area contributed by atoms with Gasteiger partial charge in [-0.2, -0.15) is 0 Å². The largest absolute Gasteiger partial charge is 0.299 e. The number of nitrogens with zero attached hydrogens (tertiary/aromatic N) is 1. The quantitative estimate of drug-likeness (QED) is 0.560. The van der Waals surface area contributed by atoms with Crippen molar-refractivity contribution >= 4 is 17.1 Å². The summed E-state index contributed by atoms with van der Waals surface area (Å²) in [5.74, 6) is 0.358. The first-order valence-electron chi connectivity index (χ1n) is 3.29. The summed E-state index contributed by atoms with van der Waals surface area (Å²) in [6.45, 7) is 0. The van der Waals surface area contributed by atoms with E-state index in [0.29, 0.717) is 18.6 Å². The molecule has 0 saturated heterocycles. The molecule has 0 radical (unpaired) electrons. The lowest BCUT2D eigenvalue weighted by molar-refractivity contribution is -0.118. The van der Waals surface area contributed by atoms with E-state index in [4.69, 9.17) is 0 Å². The smallest absolute Gasteiger partial charge is 0.138 e. The molecule has 1 aliphatic rings. The summed E-state index contributed by atoms with van der Waals surface area (Å²) in [4.78, 5) is 16.2. The Labute approximate surface area is 62.9 Å². The number of aromatic nitrogens is 1. The van der Waals surface area contributed by atoms with E-state index < -0.39 is 0 Å². The minimum Gasteiger partial charge on any atom is -0.299 e. The summed E-state index contributed by atoms with van der Waals surface area (Å²) in [6, 6.07) is 0. The highest BCUT2D eigenvalue weighted by Gasteiger charge is 2.16. The molecular weight excluding hydrogens is 146 g/mol. The average Bonchev–Trinajstić information content (AvgIpc) is 2.33. The molecule has 0 aliphatic heterocycles. The number of hydrogen-bond acceptors (Lipinski definition) is 3. The minimum absolute atomic E-state index is 0.358. The molecule has 0 bridgehead atoms. The van der Waals surface area contributed by atoms with Crippen LogP contribution in [0.3, 0.4) is 0 Å². The first-order valence-corrected chi connectivity index (χ1v) is 4.17. The zero-order valence-corrected chi connectivity index (χ0v) is 6.28. The van der Waals surface area contributed by atoms with Gasteiger partial charge in [0.2, 0.25) is 0 Å². The first-order chi connectivity index (χ1) is 4.86. The predicted molar refractivity (Wildman–Crippen MR) is 39.1 cm³/mol. The summed E-state index contributed by atoms with van der Waals surface area (Å²) >= 11 is 1.60. The molecule has 2 rings (SSSR count). The van der Waals surface area contributed by atoms with Crippen LogP contribution in [-0.4, -0.2) is 10.8 Å². The van der Waals surface area contributed by atoms with Gasteiger partial charge in [-0.15, -0.1) is 11.3 Å². The number of thiazole rings is 1. The molecule has 1 aromatic rings. The van der Waals surface area contributed by atoms with E-state index in [1.54, 1.807) is 11.3 Å². The van der Waals surface area contributed by atoms with Gasteiger partial charge in [-0.1, -0.05) is 0 Å². The van der Waals surface area contributed by atoms with Crippen molar-refractivity contribution in [3.63, 3.8) is 0 Å². The van der Waals surface area contributed by atoms with E-state index in [-0.39, 0.29) is 0 Å². The molecule has 52 valence electrons. The van der Waals surface area contributed by atoms with E-state index in [1.807, 2.05) is 5.51 Å². The molecule has 1 aromatic heterocycles. The minimum atomic E-state index is 0.358. The number of ketones is 1. The molecule has 0 spiro atoms. The van der Waals surface area contributed by atoms with Gasteiger partial charge in [0, 0.05) is 17.7 Å². The van der Waals surface area contributed by atoms with Crippen molar-refractivity contribution < 1.29 is 4.79 Å². The highest BCUT2D eigenvalue weighted by Crippen LogP contribution is 2.20. The maximum atomic E-state index is 10.9. The Balaban J connectivity index is 2.39. The third-order valence-electron chi connectivity index (χ3n) is 1.72. The monoisotopic (exact) mass is 153 g/mol. The normalized spacial score (nSPS) is 17.0.